The highest BCUT2D eigenvalue weighted by molar-refractivity contribution is 5.36. The van der Waals surface area contributed by atoms with Crippen LogP contribution < -0.4 is 4.74 Å². The zero-order valence-corrected chi connectivity index (χ0v) is 10.6. The number of rotatable bonds is 6. The molecule has 1 rings (SSSR count). The maximum absolute atomic E-state index is 5.73. The highest BCUT2D eigenvalue weighted by Crippen LogP contribution is 2.23. The van der Waals surface area contributed by atoms with Gasteiger partial charge >= 0.3 is 0 Å². The quantitative estimate of drug-likeness (QED) is 0.506. The van der Waals surface area contributed by atoms with Crippen LogP contribution >= 0.6 is 0 Å². The van der Waals surface area contributed by atoms with Gasteiger partial charge in [-0.2, -0.15) is 0 Å². The lowest BCUT2D eigenvalue weighted by atomic mass is 9.99. The van der Waals surface area contributed by atoms with Crippen molar-refractivity contribution in [3.8, 4) is 5.75 Å². The second kappa shape index (κ2) is 6.37. The van der Waals surface area contributed by atoms with Crippen molar-refractivity contribution < 1.29 is 4.74 Å². The minimum atomic E-state index is 0.383. The van der Waals surface area contributed by atoms with Gasteiger partial charge in [0, 0.05) is 0 Å². The van der Waals surface area contributed by atoms with Crippen molar-refractivity contribution in [2.75, 3.05) is 6.61 Å². The van der Waals surface area contributed by atoms with Gasteiger partial charge in [0.05, 0.1) is 6.61 Å². The van der Waals surface area contributed by atoms with Crippen LogP contribution in [0.25, 0.3) is 0 Å². The molecule has 1 atom stereocenters. The molecule has 0 radical (unpaired) electrons. The molecule has 1 unspecified atom stereocenters. The van der Waals surface area contributed by atoms with Crippen LogP contribution in [0.2, 0.25) is 0 Å². The zero-order chi connectivity index (χ0) is 12.0. The summed E-state index contributed by atoms with van der Waals surface area (Å²) in [5, 5.41) is 0. The Morgan fingerprint density at radius 2 is 2.12 bits per heavy atom. The van der Waals surface area contributed by atoms with Crippen LogP contribution in [-0.2, 0) is 0 Å². The molecule has 0 aliphatic carbocycles. The Morgan fingerprint density at radius 3 is 2.75 bits per heavy atom. The van der Waals surface area contributed by atoms with E-state index in [1.807, 2.05) is 6.08 Å². The average Bonchev–Trinajstić information content (AvgIpc) is 2.27. The molecule has 0 bridgehead atoms. The van der Waals surface area contributed by atoms with E-state index in [-0.39, 0.29) is 0 Å². The molecule has 1 aromatic rings. The second-order valence-electron chi connectivity index (χ2n) is 4.31. The van der Waals surface area contributed by atoms with Crippen LogP contribution in [0.5, 0.6) is 5.75 Å². The lowest BCUT2D eigenvalue weighted by molar-refractivity contribution is 0.309. The minimum absolute atomic E-state index is 0.383. The number of aryl methyl sites for hydroxylation is 1. The summed E-state index contributed by atoms with van der Waals surface area (Å²) < 4.78 is 5.73. The van der Waals surface area contributed by atoms with E-state index in [0.29, 0.717) is 5.92 Å². The fourth-order valence-corrected chi connectivity index (χ4v) is 1.59. The first-order chi connectivity index (χ1) is 7.67. The number of hydrogen-bond donors (Lipinski definition) is 0. The van der Waals surface area contributed by atoms with Crippen LogP contribution in [0.4, 0.5) is 0 Å². The molecule has 0 heterocycles. The van der Waals surface area contributed by atoms with Gasteiger partial charge in [0.15, 0.2) is 0 Å². The third-order valence-corrected chi connectivity index (χ3v) is 2.72. The van der Waals surface area contributed by atoms with Gasteiger partial charge in [-0.05, 0) is 42.5 Å². The molecule has 1 aromatic carbocycles. The first-order valence-electron chi connectivity index (χ1n) is 6.04. The summed E-state index contributed by atoms with van der Waals surface area (Å²) in [6, 6.07) is 6.41. The summed E-state index contributed by atoms with van der Waals surface area (Å²) in [4.78, 5) is 0. The molecule has 0 N–H and O–H groups in total. The Hall–Kier alpha value is -1.24. The number of benzene rings is 1. The van der Waals surface area contributed by atoms with Crippen LogP contribution in [0.1, 0.15) is 43.7 Å². The first kappa shape index (κ1) is 12.8. The van der Waals surface area contributed by atoms with Crippen LogP contribution in [0.3, 0.4) is 0 Å². The lowest BCUT2D eigenvalue weighted by Gasteiger charge is -2.12. The first-order valence-corrected chi connectivity index (χ1v) is 6.04. The Kier molecular flexibility index (Phi) is 5.10. The summed E-state index contributed by atoms with van der Waals surface area (Å²) in [6.07, 6.45) is 4.24. The van der Waals surface area contributed by atoms with Crippen molar-refractivity contribution in [2.24, 2.45) is 0 Å². The van der Waals surface area contributed by atoms with E-state index in [0.717, 1.165) is 18.8 Å². The van der Waals surface area contributed by atoms with Crippen molar-refractivity contribution in [1.29, 1.82) is 0 Å². The van der Waals surface area contributed by atoms with Gasteiger partial charge in [-0.15, -0.1) is 6.58 Å². The second-order valence-corrected chi connectivity index (χ2v) is 4.31. The molecule has 0 amide bonds. The Balaban J connectivity index is 2.77. The number of unbranched alkanes of at least 4 members (excludes halogenated alkanes) is 1. The summed E-state index contributed by atoms with van der Waals surface area (Å²) >= 11 is 0. The van der Waals surface area contributed by atoms with Gasteiger partial charge in [-0.3, -0.25) is 0 Å². The third kappa shape index (κ3) is 3.73. The van der Waals surface area contributed by atoms with E-state index in [1.165, 1.54) is 17.5 Å². The molecule has 0 aromatic heterocycles. The van der Waals surface area contributed by atoms with E-state index in [4.69, 9.17) is 4.74 Å². The van der Waals surface area contributed by atoms with Crippen molar-refractivity contribution in [1.82, 2.24) is 0 Å². The van der Waals surface area contributed by atoms with Crippen molar-refractivity contribution in [2.45, 2.75) is 39.5 Å². The third-order valence-electron chi connectivity index (χ3n) is 2.72. The van der Waals surface area contributed by atoms with E-state index in [2.05, 4.69) is 45.5 Å². The molecular formula is C15H22O. The van der Waals surface area contributed by atoms with Crippen LogP contribution in [-0.4, -0.2) is 6.61 Å². The summed E-state index contributed by atoms with van der Waals surface area (Å²) in [7, 11) is 0. The molecule has 1 heteroatoms. The van der Waals surface area contributed by atoms with Crippen molar-refractivity contribution in [3.63, 3.8) is 0 Å². The number of allylic oxidation sites excluding steroid dienone is 1. The molecule has 0 fully saturated rings. The molecular weight excluding hydrogens is 196 g/mol. The molecule has 1 nitrogen and oxygen atoms in total. The smallest absolute Gasteiger partial charge is 0.119 e. The molecule has 0 saturated heterocycles. The van der Waals surface area contributed by atoms with Gasteiger partial charge in [0.2, 0.25) is 0 Å². The lowest BCUT2D eigenvalue weighted by Crippen LogP contribution is -1.98. The molecule has 0 spiro atoms. The standard InChI is InChI=1S/C15H22O/c1-5-7-8-16-15-10-12(3)9-14(11-15)13(4)6-2/h6,9-11,13H,2,5,7-8H2,1,3-4H3. The van der Waals surface area contributed by atoms with Gasteiger partial charge < -0.3 is 4.74 Å². The number of ether oxygens (including phenoxy) is 1. The highest BCUT2D eigenvalue weighted by Gasteiger charge is 2.04. The maximum atomic E-state index is 5.73. The van der Waals surface area contributed by atoms with E-state index < -0.39 is 0 Å². The van der Waals surface area contributed by atoms with Crippen LogP contribution in [0.15, 0.2) is 30.9 Å². The van der Waals surface area contributed by atoms with Gasteiger partial charge in [-0.1, -0.05) is 32.4 Å². The Labute approximate surface area is 99.1 Å². The van der Waals surface area contributed by atoms with Crippen molar-refractivity contribution >= 4 is 0 Å². The molecule has 0 aliphatic rings. The van der Waals surface area contributed by atoms with Crippen LogP contribution in [0, 0.1) is 6.92 Å². The SMILES string of the molecule is C=CC(C)c1cc(C)cc(OCCCC)c1. The molecule has 16 heavy (non-hydrogen) atoms. The average molecular weight is 218 g/mol. The van der Waals surface area contributed by atoms with Gasteiger partial charge in [0.1, 0.15) is 5.75 Å². The fraction of sp³-hybridized carbons (Fsp3) is 0.467. The Bertz CT molecular complexity index is 341. The Morgan fingerprint density at radius 1 is 1.38 bits per heavy atom. The maximum Gasteiger partial charge on any atom is 0.119 e. The van der Waals surface area contributed by atoms with E-state index in [9.17, 15) is 0 Å². The van der Waals surface area contributed by atoms with E-state index >= 15 is 0 Å². The molecule has 0 saturated carbocycles. The highest BCUT2D eigenvalue weighted by atomic mass is 16.5. The van der Waals surface area contributed by atoms with Gasteiger partial charge in [0.25, 0.3) is 0 Å². The predicted octanol–water partition coefficient (Wildman–Crippen LogP) is 4.46. The predicted molar refractivity (Wildman–Crippen MR) is 70.2 cm³/mol. The fourth-order valence-electron chi connectivity index (χ4n) is 1.59. The topological polar surface area (TPSA) is 9.23 Å². The minimum Gasteiger partial charge on any atom is -0.494 e. The molecule has 0 aliphatic heterocycles. The largest absolute Gasteiger partial charge is 0.494 e. The van der Waals surface area contributed by atoms with E-state index in [1.54, 1.807) is 0 Å². The summed E-state index contributed by atoms with van der Waals surface area (Å²) in [6.45, 7) is 11.1. The monoisotopic (exact) mass is 218 g/mol. The van der Waals surface area contributed by atoms with Gasteiger partial charge in [-0.25, -0.2) is 0 Å². The zero-order valence-electron chi connectivity index (χ0n) is 10.6. The summed E-state index contributed by atoms with van der Waals surface area (Å²) in [5.41, 5.74) is 2.53. The number of hydrogen-bond acceptors (Lipinski definition) is 1. The van der Waals surface area contributed by atoms with Crippen molar-refractivity contribution in [3.05, 3.63) is 42.0 Å². The summed E-state index contributed by atoms with van der Waals surface area (Å²) in [5.74, 6) is 1.37. The molecule has 88 valence electrons. The normalized spacial score (nSPS) is 12.2.